The Morgan fingerprint density at radius 1 is 1.26 bits per heavy atom. The van der Waals surface area contributed by atoms with Crippen molar-refractivity contribution in [3.05, 3.63) is 35.1 Å². The van der Waals surface area contributed by atoms with Gasteiger partial charge >= 0.3 is 6.18 Å². The second-order valence-electron chi connectivity index (χ2n) is 4.29. The fraction of sp³-hybridized carbons (Fsp3) is 0.462. The zero-order valence-corrected chi connectivity index (χ0v) is 10.5. The molecule has 0 aliphatic carbocycles. The molecular formula is C13H15F4NO. The maximum absolute atomic E-state index is 13.0. The van der Waals surface area contributed by atoms with E-state index < -0.39 is 24.3 Å². The first kappa shape index (κ1) is 15.5. The fourth-order valence-corrected chi connectivity index (χ4v) is 1.54. The molecule has 0 saturated heterocycles. The lowest BCUT2D eigenvalue weighted by atomic mass is 10.1. The van der Waals surface area contributed by atoms with Crippen molar-refractivity contribution in [3.63, 3.8) is 0 Å². The van der Waals surface area contributed by atoms with Crippen LogP contribution in [0.3, 0.4) is 0 Å². The highest BCUT2D eigenvalue weighted by Gasteiger charge is 2.25. The third-order valence-electron chi connectivity index (χ3n) is 2.59. The number of benzene rings is 1. The lowest BCUT2D eigenvalue weighted by Crippen LogP contribution is -2.24. The van der Waals surface area contributed by atoms with E-state index in [-0.39, 0.29) is 19.4 Å². The van der Waals surface area contributed by atoms with E-state index in [0.717, 1.165) is 0 Å². The number of unbranched alkanes of at least 4 members (excludes halogenated alkanes) is 1. The molecule has 106 valence electrons. The van der Waals surface area contributed by atoms with E-state index >= 15 is 0 Å². The fourth-order valence-electron chi connectivity index (χ4n) is 1.54. The van der Waals surface area contributed by atoms with Gasteiger partial charge in [-0.25, -0.2) is 4.39 Å². The van der Waals surface area contributed by atoms with Crippen molar-refractivity contribution in [2.45, 2.75) is 32.4 Å². The number of rotatable bonds is 5. The van der Waals surface area contributed by atoms with Crippen molar-refractivity contribution in [3.8, 4) is 0 Å². The summed E-state index contributed by atoms with van der Waals surface area (Å²) in [5.41, 5.74) is 0.652. The standard InChI is InChI=1S/C13H15F4NO/c1-9-8-10(4-5-11(9)14)12(19)18-7-3-2-6-13(15,16)17/h4-5,8H,2-3,6-7H2,1H3,(H,18,19). The van der Waals surface area contributed by atoms with Gasteiger partial charge in [0.1, 0.15) is 5.82 Å². The molecule has 0 atom stereocenters. The van der Waals surface area contributed by atoms with Crippen LogP contribution in [0.4, 0.5) is 17.6 Å². The number of amides is 1. The maximum Gasteiger partial charge on any atom is 0.389 e. The van der Waals surface area contributed by atoms with Crippen LogP contribution in [0.2, 0.25) is 0 Å². The molecule has 0 fully saturated rings. The van der Waals surface area contributed by atoms with Gasteiger partial charge in [0.2, 0.25) is 0 Å². The van der Waals surface area contributed by atoms with Crippen molar-refractivity contribution in [2.75, 3.05) is 6.54 Å². The monoisotopic (exact) mass is 277 g/mol. The summed E-state index contributed by atoms with van der Waals surface area (Å²) in [5.74, 6) is -0.808. The maximum atomic E-state index is 13.0. The van der Waals surface area contributed by atoms with E-state index in [2.05, 4.69) is 5.32 Å². The van der Waals surface area contributed by atoms with Crippen LogP contribution in [-0.4, -0.2) is 18.6 Å². The van der Waals surface area contributed by atoms with Crippen LogP contribution >= 0.6 is 0 Å². The van der Waals surface area contributed by atoms with E-state index in [9.17, 15) is 22.4 Å². The zero-order chi connectivity index (χ0) is 14.5. The van der Waals surface area contributed by atoms with E-state index in [1.54, 1.807) is 0 Å². The Bertz CT molecular complexity index is 443. The molecule has 0 aliphatic heterocycles. The minimum atomic E-state index is -4.15. The molecule has 1 N–H and O–H groups in total. The van der Waals surface area contributed by atoms with Crippen molar-refractivity contribution in [1.82, 2.24) is 5.32 Å². The molecule has 1 aromatic rings. The molecule has 1 aromatic carbocycles. The van der Waals surface area contributed by atoms with E-state index in [1.165, 1.54) is 25.1 Å². The molecule has 1 rings (SSSR count). The van der Waals surface area contributed by atoms with Gasteiger partial charge in [0.25, 0.3) is 5.91 Å². The molecule has 19 heavy (non-hydrogen) atoms. The molecule has 0 heterocycles. The van der Waals surface area contributed by atoms with E-state index in [0.29, 0.717) is 11.1 Å². The Hall–Kier alpha value is -1.59. The lowest BCUT2D eigenvalue weighted by molar-refractivity contribution is -0.135. The summed E-state index contributed by atoms with van der Waals surface area (Å²) in [7, 11) is 0. The SMILES string of the molecule is Cc1cc(C(=O)NCCCCC(F)(F)F)ccc1F. The summed E-state index contributed by atoms with van der Waals surface area (Å²) in [5, 5.41) is 2.50. The number of alkyl halides is 3. The minimum absolute atomic E-state index is 0.0216. The number of aryl methyl sites for hydroxylation is 1. The molecule has 0 aliphatic rings. The summed E-state index contributed by atoms with van der Waals surface area (Å²) in [6.45, 7) is 1.71. The predicted molar refractivity (Wildman–Crippen MR) is 63.4 cm³/mol. The average molecular weight is 277 g/mol. The predicted octanol–water partition coefficient (Wildman–Crippen LogP) is 3.60. The molecule has 1 amide bonds. The van der Waals surface area contributed by atoms with Crippen molar-refractivity contribution in [1.29, 1.82) is 0 Å². The van der Waals surface area contributed by atoms with Crippen LogP contribution in [-0.2, 0) is 0 Å². The first-order chi connectivity index (χ1) is 8.79. The zero-order valence-electron chi connectivity index (χ0n) is 10.5. The summed E-state index contributed by atoms with van der Waals surface area (Å²) in [6.07, 6.45) is -4.77. The lowest BCUT2D eigenvalue weighted by Gasteiger charge is -2.07. The first-order valence-electron chi connectivity index (χ1n) is 5.91. The van der Waals surface area contributed by atoms with Crippen LogP contribution in [0, 0.1) is 12.7 Å². The number of hydrogen-bond acceptors (Lipinski definition) is 1. The Balaban J connectivity index is 2.33. The van der Waals surface area contributed by atoms with Crippen LogP contribution in [0.25, 0.3) is 0 Å². The van der Waals surface area contributed by atoms with Gasteiger partial charge in [-0.2, -0.15) is 13.2 Å². The largest absolute Gasteiger partial charge is 0.389 e. The molecule has 0 spiro atoms. The molecule has 0 unspecified atom stereocenters. The van der Waals surface area contributed by atoms with Gasteiger partial charge in [-0.3, -0.25) is 4.79 Å². The van der Waals surface area contributed by atoms with Crippen molar-refractivity contribution < 1.29 is 22.4 Å². The van der Waals surface area contributed by atoms with Crippen molar-refractivity contribution >= 4 is 5.91 Å². The Morgan fingerprint density at radius 2 is 1.95 bits per heavy atom. The first-order valence-corrected chi connectivity index (χ1v) is 5.91. The number of carbonyl (C=O) groups excluding carboxylic acids is 1. The molecule has 0 bridgehead atoms. The number of nitrogens with one attached hydrogen (secondary N) is 1. The second kappa shape index (κ2) is 6.54. The summed E-state index contributed by atoms with van der Waals surface area (Å²) in [4.78, 5) is 11.6. The van der Waals surface area contributed by atoms with Crippen LogP contribution in [0.5, 0.6) is 0 Å². The summed E-state index contributed by atoms with van der Waals surface area (Å²) >= 11 is 0. The normalized spacial score (nSPS) is 11.4. The smallest absolute Gasteiger partial charge is 0.352 e. The van der Waals surface area contributed by atoms with Crippen LogP contribution in [0.15, 0.2) is 18.2 Å². The quantitative estimate of drug-likeness (QED) is 0.646. The molecule has 0 aromatic heterocycles. The number of halogens is 4. The third-order valence-corrected chi connectivity index (χ3v) is 2.59. The highest BCUT2D eigenvalue weighted by atomic mass is 19.4. The van der Waals surface area contributed by atoms with Gasteiger partial charge in [0.05, 0.1) is 0 Å². The second-order valence-corrected chi connectivity index (χ2v) is 4.29. The molecule has 6 heteroatoms. The molecular weight excluding hydrogens is 262 g/mol. The highest BCUT2D eigenvalue weighted by molar-refractivity contribution is 5.94. The van der Waals surface area contributed by atoms with Gasteiger partial charge in [-0.1, -0.05) is 0 Å². The van der Waals surface area contributed by atoms with Gasteiger partial charge < -0.3 is 5.32 Å². The number of carbonyl (C=O) groups is 1. The number of hydrogen-bond donors (Lipinski definition) is 1. The van der Waals surface area contributed by atoms with Gasteiger partial charge in [0, 0.05) is 18.5 Å². The highest BCUT2D eigenvalue weighted by Crippen LogP contribution is 2.21. The summed E-state index contributed by atoms with van der Waals surface area (Å²) < 4.78 is 48.6. The molecule has 2 nitrogen and oxygen atoms in total. The molecule has 0 radical (unpaired) electrons. The van der Waals surface area contributed by atoms with Gasteiger partial charge in [-0.05, 0) is 43.5 Å². The topological polar surface area (TPSA) is 29.1 Å². The Labute approximate surface area is 108 Å². The molecule has 0 saturated carbocycles. The Kier molecular flexibility index (Phi) is 5.32. The average Bonchev–Trinajstić information content (AvgIpc) is 2.30. The Morgan fingerprint density at radius 3 is 2.53 bits per heavy atom. The van der Waals surface area contributed by atoms with Crippen molar-refractivity contribution in [2.24, 2.45) is 0 Å². The third kappa shape index (κ3) is 5.72. The summed E-state index contributed by atoms with van der Waals surface area (Å²) in [6, 6.07) is 3.93. The van der Waals surface area contributed by atoms with E-state index in [4.69, 9.17) is 0 Å². The van der Waals surface area contributed by atoms with Crippen LogP contribution < -0.4 is 5.32 Å². The minimum Gasteiger partial charge on any atom is -0.352 e. The van der Waals surface area contributed by atoms with Gasteiger partial charge in [-0.15, -0.1) is 0 Å². The van der Waals surface area contributed by atoms with Gasteiger partial charge in [0.15, 0.2) is 0 Å². The van der Waals surface area contributed by atoms with E-state index in [1.807, 2.05) is 0 Å². The van der Waals surface area contributed by atoms with Crippen LogP contribution in [0.1, 0.15) is 35.2 Å².